The number of halogens is 1. The lowest BCUT2D eigenvalue weighted by atomic mass is 9.75. The van der Waals surface area contributed by atoms with E-state index in [4.69, 9.17) is 10.7 Å². The molecule has 1 fully saturated rings. The summed E-state index contributed by atoms with van der Waals surface area (Å²) in [5, 5.41) is 0. The summed E-state index contributed by atoms with van der Waals surface area (Å²) in [5.74, 6) is -0.756. The zero-order valence-corrected chi connectivity index (χ0v) is 18.6. The number of ketones is 1. The maximum absolute atomic E-state index is 14.4. The fourth-order valence-corrected chi connectivity index (χ4v) is 5.00. The van der Waals surface area contributed by atoms with E-state index >= 15 is 0 Å². The Balaban J connectivity index is 1.84. The van der Waals surface area contributed by atoms with E-state index < -0.39 is 11.5 Å². The summed E-state index contributed by atoms with van der Waals surface area (Å²) in [6, 6.07) is 10.3. The lowest BCUT2D eigenvalue weighted by molar-refractivity contribution is -0.132. The van der Waals surface area contributed by atoms with Gasteiger partial charge < -0.3 is 5.73 Å². The molecule has 1 amide bonds. The average molecular weight is 438 g/mol. The van der Waals surface area contributed by atoms with Crippen LogP contribution in [0.25, 0.3) is 11.1 Å². The molecule has 168 valence electrons. The van der Waals surface area contributed by atoms with Crippen LogP contribution in [0, 0.1) is 11.9 Å². The molecule has 2 N–H and O–H groups in total. The molecule has 1 aromatic carbocycles. The molecule has 2 unspecified atom stereocenters. The van der Waals surface area contributed by atoms with Gasteiger partial charge in [-0.25, -0.2) is 9.98 Å². The van der Waals surface area contributed by atoms with Gasteiger partial charge in [-0.15, -0.1) is 0 Å². The van der Waals surface area contributed by atoms with Gasteiger partial charge in [-0.1, -0.05) is 32.0 Å². The molecule has 1 aromatic heterocycles. The van der Waals surface area contributed by atoms with E-state index in [9.17, 15) is 14.0 Å². The fraction of sp³-hybridized carbons (Fsp3) is 0.417. The highest BCUT2D eigenvalue weighted by atomic mass is 19.1. The monoisotopic (exact) mass is 437 g/mol. The summed E-state index contributed by atoms with van der Waals surface area (Å²) < 4.78 is 14.4. The van der Waals surface area contributed by atoms with Gasteiger partial charge in [-0.05, 0) is 42.3 Å². The Bertz CT molecular complexity index is 1090. The number of guanidine groups is 1. The fourth-order valence-electron chi connectivity index (χ4n) is 5.00. The van der Waals surface area contributed by atoms with Crippen molar-refractivity contribution in [2.75, 3.05) is 20.1 Å². The quantitative estimate of drug-likeness (QED) is 0.702. The van der Waals surface area contributed by atoms with Crippen LogP contribution in [0.4, 0.5) is 4.39 Å². The molecule has 1 saturated heterocycles. The van der Waals surface area contributed by atoms with Gasteiger partial charge in [0.1, 0.15) is 5.78 Å². The molecule has 4 rings (SSSR count). The van der Waals surface area contributed by atoms with E-state index in [1.54, 1.807) is 37.4 Å². The number of aliphatic imine (C=N–C) groups is 1. The van der Waals surface area contributed by atoms with Crippen LogP contribution in [0.5, 0.6) is 0 Å². The number of likely N-dealkylation sites (tertiary alicyclic amines) is 1. The average Bonchev–Trinajstić information content (AvgIpc) is 3.34. The van der Waals surface area contributed by atoms with Crippen molar-refractivity contribution in [1.29, 1.82) is 0 Å². The van der Waals surface area contributed by atoms with Crippen molar-refractivity contribution in [3.05, 3.63) is 54.1 Å². The minimum Gasteiger partial charge on any atom is -0.369 e. The number of aromatic nitrogens is 1. The minimum absolute atomic E-state index is 0.140. The summed E-state index contributed by atoms with van der Waals surface area (Å²) in [5.41, 5.74) is 6.45. The predicted octanol–water partition coefficient (Wildman–Crippen LogP) is 2.56. The second-order valence-electron chi connectivity index (χ2n) is 8.38. The Labute approximate surface area is 187 Å². The maximum Gasteiger partial charge on any atom is 0.262 e. The normalized spacial score (nSPS) is 25.9. The van der Waals surface area contributed by atoms with Crippen LogP contribution < -0.4 is 5.73 Å². The molecule has 32 heavy (non-hydrogen) atoms. The smallest absolute Gasteiger partial charge is 0.262 e. The van der Waals surface area contributed by atoms with Crippen molar-refractivity contribution in [3.8, 4) is 11.1 Å². The SMILES string of the molecule is CCC(=O)C1CC([C@]2(c3cccc(-c4cccnc4F)c3)N=C(N)N(C)C2=O)CN1CC. The van der Waals surface area contributed by atoms with Crippen LogP contribution in [0.3, 0.4) is 0 Å². The molecule has 3 heterocycles. The predicted molar refractivity (Wildman–Crippen MR) is 120 cm³/mol. The van der Waals surface area contributed by atoms with Crippen LogP contribution in [0.2, 0.25) is 0 Å². The molecule has 7 nitrogen and oxygen atoms in total. The van der Waals surface area contributed by atoms with Gasteiger partial charge >= 0.3 is 0 Å². The molecule has 0 spiro atoms. The molecule has 0 bridgehead atoms. The lowest BCUT2D eigenvalue weighted by Crippen LogP contribution is -2.45. The van der Waals surface area contributed by atoms with Gasteiger partial charge in [0.25, 0.3) is 5.91 Å². The number of carbonyl (C=O) groups excluding carboxylic acids is 2. The highest BCUT2D eigenvalue weighted by Gasteiger charge is 2.57. The molecular formula is C24H28FN5O2. The number of Topliss-reactive ketones (excluding diaryl/α,β-unsaturated/α-hetero) is 1. The number of pyridine rings is 1. The zero-order chi connectivity index (χ0) is 23.0. The molecule has 3 atom stereocenters. The van der Waals surface area contributed by atoms with Crippen LogP contribution >= 0.6 is 0 Å². The Morgan fingerprint density at radius 3 is 2.69 bits per heavy atom. The Hall–Kier alpha value is -3.13. The molecule has 0 aliphatic carbocycles. The third-order valence-electron chi connectivity index (χ3n) is 6.76. The number of nitrogens with two attached hydrogens (primary N) is 1. The number of hydrogen-bond donors (Lipinski definition) is 1. The third kappa shape index (κ3) is 3.39. The first-order valence-electron chi connectivity index (χ1n) is 10.9. The molecule has 2 aliphatic heterocycles. The number of likely N-dealkylation sites (N-methyl/N-ethyl adjacent to an activating group) is 2. The van der Waals surface area contributed by atoms with Crippen LogP contribution in [-0.4, -0.2) is 58.6 Å². The summed E-state index contributed by atoms with van der Waals surface area (Å²) in [7, 11) is 1.61. The van der Waals surface area contributed by atoms with Crippen LogP contribution in [-0.2, 0) is 15.1 Å². The standard InChI is InChI=1S/C24H28FN5O2/c1-4-20(31)19-13-17(14-30(19)5-2)24(22(32)29(3)23(26)28-24)16-9-6-8-15(12-16)18-10-7-11-27-21(18)25/h6-12,17,19H,4-5,13-14H2,1-3H3,(H2,26,28)/t17?,19?,24-/m0/s1. The van der Waals surface area contributed by atoms with E-state index in [0.29, 0.717) is 42.6 Å². The first-order chi connectivity index (χ1) is 15.3. The van der Waals surface area contributed by atoms with Crippen molar-refractivity contribution < 1.29 is 14.0 Å². The Morgan fingerprint density at radius 2 is 2.06 bits per heavy atom. The van der Waals surface area contributed by atoms with Gasteiger partial charge in [0.2, 0.25) is 5.95 Å². The summed E-state index contributed by atoms with van der Waals surface area (Å²) in [6.45, 7) is 5.12. The Kier molecular flexibility index (Phi) is 5.81. The highest BCUT2D eigenvalue weighted by Crippen LogP contribution is 2.46. The van der Waals surface area contributed by atoms with Crippen molar-refractivity contribution in [1.82, 2.24) is 14.8 Å². The molecule has 2 aromatic rings. The first kappa shape index (κ1) is 22.1. The Morgan fingerprint density at radius 1 is 1.28 bits per heavy atom. The van der Waals surface area contributed by atoms with Crippen LogP contribution in [0.15, 0.2) is 47.6 Å². The molecule has 2 aliphatic rings. The summed E-state index contributed by atoms with van der Waals surface area (Å²) >= 11 is 0. The maximum atomic E-state index is 14.4. The highest BCUT2D eigenvalue weighted by molar-refractivity contribution is 6.07. The zero-order valence-electron chi connectivity index (χ0n) is 18.6. The molecule has 8 heteroatoms. The molecule has 0 saturated carbocycles. The van der Waals surface area contributed by atoms with Gasteiger partial charge in [-0.3, -0.25) is 19.4 Å². The van der Waals surface area contributed by atoms with Crippen molar-refractivity contribution in [2.24, 2.45) is 16.6 Å². The van der Waals surface area contributed by atoms with Gasteiger partial charge in [0.15, 0.2) is 11.5 Å². The topological polar surface area (TPSA) is 91.9 Å². The van der Waals surface area contributed by atoms with E-state index in [1.165, 1.54) is 11.1 Å². The number of hydrogen-bond acceptors (Lipinski definition) is 6. The lowest BCUT2D eigenvalue weighted by Gasteiger charge is -2.32. The number of amides is 1. The summed E-state index contributed by atoms with van der Waals surface area (Å²) in [4.78, 5) is 38.2. The number of carbonyl (C=O) groups is 2. The van der Waals surface area contributed by atoms with Crippen LogP contribution in [0.1, 0.15) is 32.3 Å². The third-order valence-corrected chi connectivity index (χ3v) is 6.76. The van der Waals surface area contributed by atoms with Gasteiger partial charge in [0.05, 0.1) is 6.04 Å². The molecular weight excluding hydrogens is 409 g/mol. The largest absolute Gasteiger partial charge is 0.369 e. The van der Waals surface area contributed by atoms with Gasteiger partial charge in [0, 0.05) is 37.7 Å². The molecule has 0 radical (unpaired) electrons. The van der Waals surface area contributed by atoms with Crippen molar-refractivity contribution in [3.63, 3.8) is 0 Å². The second kappa shape index (κ2) is 8.43. The second-order valence-corrected chi connectivity index (χ2v) is 8.38. The van der Waals surface area contributed by atoms with E-state index in [1.807, 2.05) is 19.9 Å². The minimum atomic E-state index is -1.26. The van der Waals surface area contributed by atoms with Gasteiger partial charge in [-0.2, -0.15) is 4.39 Å². The number of nitrogens with zero attached hydrogens (tertiary/aromatic N) is 4. The summed E-state index contributed by atoms with van der Waals surface area (Å²) in [6.07, 6.45) is 2.35. The number of benzene rings is 1. The van der Waals surface area contributed by atoms with E-state index in [2.05, 4.69) is 9.88 Å². The first-order valence-corrected chi connectivity index (χ1v) is 10.9. The van der Waals surface area contributed by atoms with Crippen molar-refractivity contribution >= 4 is 17.6 Å². The number of rotatable bonds is 6. The van der Waals surface area contributed by atoms with Crippen molar-refractivity contribution in [2.45, 2.75) is 38.3 Å². The van der Waals surface area contributed by atoms with E-state index in [0.717, 1.165) is 0 Å². The van der Waals surface area contributed by atoms with E-state index in [-0.39, 0.29) is 29.6 Å².